The summed E-state index contributed by atoms with van der Waals surface area (Å²) in [5, 5.41) is 21.2. The number of esters is 2. The van der Waals surface area contributed by atoms with Crippen molar-refractivity contribution in [3.8, 4) is 0 Å². The summed E-state index contributed by atoms with van der Waals surface area (Å²) in [6.45, 7) is 19.9. The van der Waals surface area contributed by atoms with E-state index in [1.807, 2.05) is 0 Å². The number of ether oxygens (including phenoxy) is 5. The fourth-order valence-electron chi connectivity index (χ4n) is 15.0. The molecule has 0 saturated heterocycles. The predicted molar refractivity (Wildman–Crippen MR) is 230 cm³/mol. The number of aliphatic hydroxyl groups is 2. The van der Waals surface area contributed by atoms with Gasteiger partial charge in [0.05, 0.1) is 50.5 Å². The maximum absolute atomic E-state index is 13.7. The fraction of sp³-hybridized carbons (Fsp3) is 0.960. The molecule has 0 aliphatic heterocycles. The monoisotopic (exact) mass is 831 g/mol. The van der Waals surface area contributed by atoms with Crippen LogP contribution in [0.1, 0.15) is 158 Å². The molecule has 0 radical (unpaired) electrons. The third-order valence-electron chi connectivity index (χ3n) is 18.3. The average molecular weight is 831 g/mol. The van der Waals surface area contributed by atoms with Crippen molar-refractivity contribution in [3.05, 3.63) is 0 Å². The van der Waals surface area contributed by atoms with Gasteiger partial charge in [0, 0.05) is 0 Å². The van der Waals surface area contributed by atoms with E-state index in [2.05, 4.69) is 55.4 Å². The zero-order valence-electron chi connectivity index (χ0n) is 38.7. The molecular weight excluding hydrogens is 745 g/mol. The number of rotatable bonds is 18. The zero-order chi connectivity index (χ0) is 42.6. The van der Waals surface area contributed by atoms with Crippen LogP contribution in [-0.2, 0) is 33.3 Å². The van der Waals surface area contributed by atoms with Crippen LogP contribution in [0, 0.1) is 80.8 Å². The van der Waals surface area contributed by atoms with Crippen LogP contribution in [0.25, 0.3) is 0 Å². The van der Waals surface area contributed by atoms with Gasteiger partial charge in [0.2, 0.25) is 0 Å². The second-order valence-corrected chi connectivity index (χ2v) is 22.4. The topological polar surface area (TPSA) is 121 Å². The minimum absolute atomic E-state index is 0.0642. The Kier molecular flexibility index (Phi) is 16.1. The van der Waals surface area contributed by atoms with Crippen LogP contribution in [0.15, 0.2) is 0 Å². The molecule has 0 amide bonds. The Morgan fingerprint density at radius 3 is 1.31 bits per heavy atom. The number of aliphatic hydroxyl groups excluding tert-OH is 2. The summed E-state index contributed by atoms with van der Waals surface area (Å²) >= 11 is 0. The smallest absolute Gasteiger partial charge is 0.312 e. The summed E-state index contributed by atoms with van der Waals surface area (Å²) in [6, 6.07) is 0. The van der Waals surface area contributed by atoms with Gasteiger partial charge in [0.15, 0.2) is 0 Å². The average Bonchev–Trinajstić information content (AvgIpc) is 3.20. The van der Waals surface area contributed by atoms with E-state index in [1.54, 1.807) is 0 Å². The van der Waals surface area contributed by atoms with E-state index >= 15 is 0 Å². The van der Waals surface area contributed by atoms with Crippen molar-refractivity contribution in [1.82, 2.24) is 0 Å². The van der Waals surface area contributed by atoms with Crippen molar-refractivity contribution in [1.29, 1.82) is 0 Å². The summed E-state index contributed by atoms with van der Waals surface area (Å²) in [5.41, 5.74) is -0.655. The normalized spacial score (nSPS) is 40.6. The third kappa shape index (κ3) is 10.3. The van der Waals surface area contributed by atoms with E-state index in [0.29, 0.717) is 50.1 Å². The van der Waals surface area contributed by atoms with Gasteiger partial charge in [0.1, 0.15) is 25.4 Å². The molecular formula is C50H86O9. The number of hydrogen-bond donors (Lipinski definition) is 2. The van der Waals surface area contributed by atoms with Gasteiger partial charge < -0.3 is 33.9 Å². The van der Waals surface area contributed by atoms with Gasteiger partial charge in [-0.15, -0.1) is 0 Å². The SMILES string of the molecule is CC(C)C1CCC2C(CCC3C(C)(C(=O)OCC(O)COCCOCCOCC(O)COC(=O)C4(C)CCCC5(C)C6CCC(C(C)C)CC6CCC45)CCCC23C)C1. The molecule has 6 saturated carbocycles. The van der Waals surface area contributed by atoms with Gasteiger partial charge in [-0.1, -0.05) is 54.4 Å². The van der Waals surface area contributed by atoms with Gasteiger partial charge in [-0.25, -0.2) is 0 Å². The number of fused-ring (bicyclic) bond motifs is 6. The summed E-state index contributed by atoms with van der Waals surface area (Å²) < 4.78 is 28.5. The van der Waals surface area contributed by atoms with E-state index in [-0.39, 0.29) is 49.2 Å². The molecule has 59 heavy (non-hydrogen) atoms. The number of carbonyl (C=O) groups is 2. The van der Waals surface area contributed by atoms with Crippen LogP contribution in [0.5, 0.6) is 0 Å². The maximum Gasteiger partial charge on any atom is 0.312 e. The Labute approximate surface area is 358 Å². The lowest BCUT2D eigenvalue weighted by Crippen LogP contribution is -2.56. The molecule has 6 fully saturated rings. The molecule has 340 valence electrons. The van der Waals surface area contributed by atoms with E-state index in [4.69, 9.17) is 23.7 Å². The van der Waals surface area contributed by atoms with Crippen LogP contribution in [0.2, 0.25) is 0 Å². The molecule has 14 unspecified atom stereocenters. The third-order valence-corrected chi connectivity index (χ3v) is 18.3. The highest BCUT2D eigenvalue weighted by molar-refractivity contribution is 5.77. The molecule has 9 nitrogen and oxygen atoms in total. The summed E-state index contributed by atoms with van der Waals surface area (Å²) in [7, 11) is 0. The first kappa shape index (κ1) is 47.2. The number of hydrogen-bond acceptors (Lipinski definition) is 9. The molecule has 0 spiro atoms. The highest BCUT2D eigenvalue weighted by Gasteiger charge is 2.61. The van der Waals surface area contributed by atoms with E-state index < -0.39 is 23.0 Å². The molecule has 2 N–H and O–H groups in total. The highest BCUT2D eigenvalue weighted by Crippen LogP contribution is 2.66. The lowest BCUT2D eigenvalue weighted by atomic mass is 9.43. The molecule has 14 atom stereocenters. The van der Waals surface area contributed by atoms with Gasteiger partial charge in [-0.2, -0.15) is 0 Å². The molecule has 0 aromatic heterocycles. The van der Waals surface area contributed by atoms with Crippen molar-refractivity contribution in [2.45, 2.75) is 170 Å². The quantitative estimate of drug-likeness (QED) is 0.103. The summed E-state index contributed by atoms with van der Waals surface area (Å²) in [4.78, 5) is 27.4. The Morgan fingerprint density at radius 2 is 0.915 bits per heavy atom. The van der Waals surface area contributed by atoms with Crippen LogP contribution in [0.4, 0.5) is 0 Å². The molecule has 0 bridgehead atoms. The zero-order valence-corrected chi connectivity index (χ0v) is 38.7. The highest BCUT2D eigenvalue weighted by atomic mass is 16.6. The van der Waals surface area contributed by atoms with Crippen LogP contribution < -0.4 is 0 Å². The fourth-order valence-corrected chi connectivity index (χ4v) is 15.0. The second kappa shape index (κ2) is 20.1. The molecule has 0 heterocycles. The Bertz CT molecular complexity index is 1270. The van der Waals surface area contributed by atoms with Crippen molar-refractivity contribution in [3.63, 3.8) is 0 Å². The molecule has 0 aromatic rings. The molecule has 0 aromatic carbocycles. The molecule has 6 rings (SSSR count). The first-order valence-electron chi connectivity index (χ1n) is 24.5. The van der Waals surface area contributed by atoms with E-state index in [1.165, 1.54) is 64.2 Å². The first-order chi connectivity index (χ1) is 28.0. The van der Waals surface area contributed by atoms with Crippen molar-refractivity contribution >= 4 is 11.9 Å². The molecule has 9 heteroatoms. The minimum atomic E-state index is -0.895. The Morgan fingerprint density at radius 1 is 0.525 bits per heavy atom. The summed E-state index contributed by atoms with van der Waals surface area (Å²) in [6.07, 6.45) is 17.0. The predicted octanol–water partition coefficient (Wildman–Crippen LogP) is 9.43. The van der Waals surface area contributed by atoms with Crippen molar-refractivity contribution in [2.75, 3.05) is 52.9 Å². The largest absolute Gasteiger partial charge is 0.462 e. The Balaban J connectivity index is 0.813. The van der Waals surface area contributed by atoms with Gasteiger partial charge in [-0.3, -0.25) is 9.59 Å². The second-order valence-electron chi connectivity index (χ2n) is 22.4. The molecule has 6 aliphatic rings. The summed E-state index contributed by atoms with van der Waals surface area (Å²) in [5.74, 6) is 6.49. The van der Waals surface area contributed by atoms with E-state index in [0.717, 1.165) is 74.0 Å². The minimum Gasteiger partial charge on any atom is -0.462 e. The lowest BCUT2D eigenvalue weighted by Gasteiger charge is -2.61. The lowest BCUT2D eigenvalue weighted by molar-refractivity contribution is -0.182. The molecule has 6 aliphatic carbocycles. The van der Waals surface area contributed by atoms with Crippen LogP contribution in [-0.4, -0.2) is 87.2 Å². The van der Waals surface area contributed by atoms with Gasteiger partial charge >= 0.3 is 11.9 Å². The first-order valence-corrected chi connectivity index (χ1v) is 24.5. The van der Waals surface area contributed by atoms with Crippen molar-refractivity contribution < 1.29 is 43.5 Å². The Hall–Kier alpha value is -1.26. The number of carbonyl (C=O) groups excluding carboxylic acids is 2. The van der Waals surface area contributed by atoms with Crippen LogP contribution in [0.3, 0.4) is 0 Å². The maximum atomic E-state index is 13.7. The van der Waals surface area contributed by atoms with Gasteiger partial charge in [0.25, 0.3) is 0 Å². The van der Waals surface area contributed by atoms with Gasteiger partial charge in [-0.05, 0) is 174 Å². The van der Waals surface area contributed by atoms with Crippen LogP contribution >= 0.6 is 0 Å². The van der Waals surface area contributed by atoms with Crippen molar-refractivity contribution in [2.24, 2.45) is 80.8 Å². The standard InChI is InChI=1S/C50H86O9/c1-33(2)35-11-15-41-37(27-35)13-17-43-47(41,5)19-9-21-49(43,7)45(53)58-31-39(51)29-56-25-23-55-24-26-57-30-40(52)32-59-46(54)50(8)22-10-20-48(6)42-16-12-36(34(3)4)28-38(42)14-18-44(48)50/h33-44,51-52H,9-32H2,1-8H3. The van der Waals surface area contributed by atoms with E-state index in [9.17, 15) is 19.8 Å².